The number of nitrogens with zero attached hydrogens (tertiary/aromatic N) is 4. The number of hydrogen-bond acceptors (Lipinski definition) is 5. The summed E-state index contributed by atoms with van der Waals surface area (Å²) < 4.78 is 23.7. The van der Waals surface area contributed by atoms with Crippen LogP contribution in [0, 0.1) is 5.92 Å². The van der Waals surface area contributed by atoms with Gasteiger partial charge >= 0.3 is 5.69 Å². The topological polar surface area (TPSA) is 109 Å². The molecule has 5 heterocycles. The summed E-state index contributed by atoms with van der Waals surface area (Å²) in [5.41, 5.74) is 5.21. The first-order chi connectivity index (χ1) is 16.5. The summed E-state index contributed by atoms with van der Waals surface area (Å²) in [5, 5.41) is 1.03. The number of imidazole rings is 1. The zero-order valence-electron chi connectivity index (χ0n) is 19.0. The number of pyridine rings is 2. The van der Waals surface area contributed by atoms with Gasteiger partial charge in [0, 0.05) is 58.9 Å². The summed E-state index contributed by atoms with van der Waals surface area (Å²) in [5.74, 6) is 1.07. The van der Waals surface area contributed by atoms with Crippen LogP contribution >= 0.6 is 10.6 Å². The molecule has 0 bridgehead atoms. The highest BCUT2D eigenvalue weighted by molar-refractivity contribution is 8.24. The molecule has 0 amide bonds. The smallest absolute Gasteiger partial charge is 0.334 e. The predicted octanol–water partition coefficient (Wildman–Crippen LogP) is 5.32. The Balaban J connectivity index is 1.46. The molecule has 1 saturated heterocycles. The van der Waals surface area contributed by atoms with Crippen molar-refractivity contribution < 1.29 is 9.11 Å². The van der Waals surface area contributed by atoms with Crippen molar-refractivity contribution in [3.63, 3.8) is 0 Å². The second-order valence-electron chi connectivity index (χ2n) is 9.53. The third-order valence-electron chi connectivity index (χ3n) is 7.21. The number of hydrogen-bond donors (Lipinski definition) is 3. The van der Waals surface area contributed by atoms with Crippen molar-refractivity contribution in [2.24, 2.45) is 5.92 Å². The first-order valence-corrected chi connectivity index (χ1v) is 13.8. The number of aromatic nitrogens is 5. The quantitative estimate of drug-likeness (QED) is 0.367. The van der Waals surface area contributed by atoms with Crippen molar-refractivity contribution in [3.8, 4) is 11.1 Å². The average Bonchev–Trinajstić information content (AvgIpc) is 3.42. The molecule has 4 aromatic heterocycles. The lowest BCUT2D eigenvalue weighted by molar-refractivity contribution is 0.379. The summed E-state index contributed by atoms with van der Waals surface area (Å²) >= 11 is 0. The van der Waals surface area contributed by atoms with Gasteiger partial charge in [-0.1, -0.05) is 6.08 Å². The molecule has 0 atom stereocenters. The van der Waals surface area contributed by atoms with Crippen molar-refractivity contribution >= 4 is 38.5 Å². The molecule has 1 fully saturated rings. The Morgan fingerprint density at radius 1 is 1.09 bits per heavy atom. The van der Waals surface area contributed by atoms with E-state index < -0.39 is 10.6 Å². The van der Waals surface area contributed by atoms with Crippen LogP contribution in [0.1, 0.15) is 38.5 Å². The Kier molecular flexibility index (Phi) is 5.35. The van der Waals surface area contributed by atoms with E-state index in [0.717, 1.165) is 59.1 Å². The van der Waals surface area contributed by atoms with Crippen LogP contribution < -0.4 is 5.69 Å². The van der Waals surface area contributed by atoms with Crippen LogP contribution in [-0.2, 0) is 6.54 Å². The van der Waals surface area contributed by atoms with Gasteiger partial charge in [0.05, 0.1) is 5.52 Å². The van der Waals surface area contributed by atoms with E-state index in [4.69, 9.17) is 4.98 Å². The SMILES string of the molecule is O=c1n(CC2CCS(O)(O)CC2)c2cc(-c3cnc4[nH]ccc4c3)cnc2n1C1=CCCCC1. The molecule has 4 aromatic rings. The second kappa shape index (κ2) is 8.41. The van der Waals surface area contributed by atoms with E-state index in [1.54, 1.807) is 4.57 Å². The molecule has 1 aliphatic carbocycles. The monoisotopic (exact) mass is 479 g/mol. The third kappa shape index (κ3) is 3.87. The molecule has 3 N–H and O–H groups in total. The van der Waals surface area contributed by atoms with E-state index in [9.17, 15) is 13.9 Å². The van der Waals surface area contributed by atoms with Crippen LogP contribution in [0.15, 0.2) is 47.7 Å². The fourth-order valence-corrected chi connectivity index (χ4v) is 6.87. The van der Waals surface area contributed by atoms with Crippen molar-refractivity contribution in [2.75, 3.05) is 11.5 Å². The van der Waals surface area contributed by atoms with E-state index in [2.05, 4.69) is 28.2 Å². The number of allylic oxidation sites excluding steroid dienone is 2. The zero-order valence-corrected chi connectivity index (χ0v) is 19.8. The molecule has 8 nitrogen and oxygen atoms in total. The summed E-state index contributed by atoms with van der Waals surface area (Å²) in [6, 6.07) is 6.12. The number of nitrogens with one attached hydrogen (secondary N) is 1. The van der Waals surface area contributed by atoms with E-state index in [1.165, 1.54) is 0 Å². The van der Waals surface area contributed by atoms with Gasteiger partial charge in [0.25, 0.3) is 0 Å². The Labute approximate surface area is 198 Å². The molecule has 9 heteroatoms. The number of H-pyrrole nitrogens is 1. The zero-order chi connectivity index (χ0) is 23.3. The molecular formula is C25H29N5O3S. The normalized spacial score (nSPS) is 20.0. The molecule has 1 aliphatic heterocycles. The highest BCUT2D eigenvalue weighted by atomic mass is 32.3. The molecule has 34 heavy (non-hydrogen) atoms. The summed E-state index contributed by atoms with van der Waals surface area (Å²) in [6.45, 7) is 0.561. The third-order valence-corrected chi connectivity index (χ3v) is 8.99. The number of fused-ring (bicyclic) bond motifs is 2. The van der Waals surface area contributed by atoms with Gasteiger partial charge in [-0.25, -0.2) is 19.3 Å². The van der Waals surface area contributed by atoms with E-state index >= 15 is 0 Å². The van der Waals surface area contributed by atoms with Crippen molar-refractivity contribution in [1.29, 1.82) is 0 Å². The molecule has 0 unspecified atom stereocenters. The molecule has 0 spiro atoms. The van der Waals surface area contributed by atoms with Crippen molar-refractivity contribution in [3.05, 3.63) is 53.3 Å². The summed E-state index contributed by atoms with van der Waals surface area (Å²) in [4.78, 5) is 26.1. The van der Waals surface area contributed by atoms with Gasteiger partial charge in [-0.05, 0) is 62.6 Å². The van der Waals surface area contributed by atoms with Crippen LogP contribution in [0.5, 0.6) is 0 Å². The van der Waals surface area contributed by atoms with Gasteiger partial charge in [-0.2, -0.15) is 10.6 Å². The van der Waals surface area contributed by atoms with E-state index in [1.807, 2.05) is 29.2 Å². The number of aromatic amines is 1. The molecular weight excluding hydrogens is 450 g/mol. The fraction of sp³-hybridized carbons (Fsp3) is 0.400. The average molecular weight is 480 g/mol. The first kappa shape index (κ1) is 21.6. The highest BCUT2D eigenvalue weighted by Gasteiger charge is 2.27. The second-order valence-corrected chi connectivity index (χ2v) is 12.0. The van der Waals surface area contributed by atoms with Crippen LogP contribution in [-0.4, -0.2) is 44.7 Å². The predicted molar refractivity (Wildman–Crippen MR) is 137 cm³/mol. The minimum Gasteiger partial charge on any atom is -0.346 e. The minimum absolute atomic E-state index is 0.0517. The van der Waals surface area contributed by atoms with Crippen molar-refractivity contribution in [2.45, 2.75) is 45.1 Å². The van der Waals surface area contributed by atoms with Gasteiger partial charge in [0.15, 0.2) is 5.65 Å². The van der Waals surface area contributed by atoms with Gasteiger partial charge in [-0.3, -0.25) is 13.7 Å². The van der Waals surface area contributed by atoms with Crippen LogP contribution in [0.2, 0.25) is 0 Å². The largest absolute Gasteiger partial charge is 0.346 e. The standard InChI is InChI=1S/C25H29N5O3S/c31-25-29(16-17-7-10-34(32,33)11-8-17)22-13-20(19-12-18-6-9-26-23(18)27-14-19)15-28-24(22)30(25)21-4-2-1-3-5-21/h4,6,9,12-15,17,32-33H,1-3,5,7-8,10-11,16H2,(H,26,27). The van der Waals surface area contributed by atoms with Gasteiger partial charge in [0.1, 0.15) is 5.65 Å². The lowest BCUT2D eigenvalue weighted by Crippen LogP contribution is -2.30. The Hall–Kier alpha value is -2.88. The van der Waals surface area contributed by atoms with Crippen LogP contribution in [0.25, 0.3) is 39.0 Å². The maximum Gasteiger partial charge on any atom is 0.334 e. The lowest BCUT2D eigenvalue weighted by atomic mass is 10.0. The maximum absolute atomic E-state index is 13.7. The molecule has 178 valence electrons. The summed E-state index contributed by atoms with van der Waals surface area (Å²) in [7, 11) is -2.45. The lowest BCUT2D eigenvalue weighted by Gasteiger charge is -2.39. The molecule has 0 saturated carbocycles. The van der Waals surface area contributed by atoms with Crippen LogP contribution in [0.3, 0.4) is 0 Å². The highest BCUT2D eigenvalue weighted by Crippen LogP contribution is 2.46. The molecule has 6 rings (SSSR count). The minimum atomic E-state index is -2.45. The van der Waals surface area contributed by atoms with Gasteiger partial charge in [-0.15, -0.1) is 0 Å². The van der Waals surface area contributed by atoms with Crippen LogP contribution in [0.4, 0.5) is 0 Å². The van der Waals surface area contributed by atoms with Gasteiger partial charge < -0.3 is 4.98 Å². The fourth-order valence-electron chi connectivity index (χ4n) is 5.24. The Morgan fingerprint density at radius 2 is 1.88 bits per heavy atom. The molecule has 2 aliphatic rings. The molecule has 0 aromatic carbocycles. The Bertz CT molecular complexity index is 1450. The summed E-state index contributed by atoms with van der Waals surface area (Å²) in [6.07, 6.45) is 13.2. The Morgan fingerprint density at radius 3 is 2.68 bits per heavy atom. The van der Waals surface area contributed by atoms with Gasteiger partial charge in [0.2, 0.25) is 0 Å². The number of rotatable bonds is 4. The molecule has 0 radical (unpaired) electrons. The van der Waals surface area contributed by atoms with E-state index in [-0.39, 0.29) is 11.6 Å². The van der Waals surface area contributed by atoms with E-state index in [0.29, 0.717) is 36.5 Å². The maximum atomic E-state index is 13.7. The van der Waals surface area contributed by atoms with Crippen molar-refractivity contribution in [1.82, 2.24) is 24.1 Å². The first-order valence-electron chi connectivity index (χ1n) is 12.0.